The third-order valence-corrected chi connectivity index (χ3v) is 6.94. The normalized spacial score (nSPS) is 16.5. The van der Waals surface area contributed by atoms with Crippen molar-refractivity contribution in [1.82, 2.24) is 9.80 Å². The summed E-state index contributed by atoms with van der Waals surface area (Å²) in [7, 11) is 3.14. The predicted octanol–water partition coefficient (Wildman–Crippen LogP) is 5.09. The minimum absolute atomic E-state index is 0.0263. The summed E-state index contributed by atoms with van der Waals surface area (Å²) in [5, 5.41) is 0. The van der Waals surface area contributed by atoms with Gasteiger partial charge in [0.05, 0.1) is 25.8 Å². The van der Waals surface area contributed by atoms with E-state index in [2.05, 4.69) is 12.1 Å². The highest BCUT2D eigenvalue weighted by atomic mass is 16.5. The van der Waals surface area contributed by atoms with Crippen LogP contribution in [0.4, 0.5) is 0 Å². The highest BCUT2D eigenvalue weighted by Gasteiger charge is 2.28. The lowest BCUT2D eigenvalue weighted by Gasteiger charge is -2.33. The van der Waals surface area contributed by atoms with Gasteiger partial charge in [-0.05, 0) is 62.1 Å². The summed E-state index contributed by atoms with van der Waals surface area (Å²) in [6.45, 7) is 4.01. The molecule has 7 nitrogen and oxygen atoms in total. The number of fused-ring (bicyclic) bond motifs is 1. The molecule has 3 aromatic rings. The van der Waals surface area contributed by atoms with Crippen LogP contribution in [0.3, 0.4) is 0 Å². The van der Waals surface area contributed by atoms with Crippen molar-refractivity contribution >= 4 is 11.8 Å². The highest BCUT2D eigenvalue weighted by Crippen LogP contribution is 2.29. The summed E-state index contributed by atoms with van der Waals surface area (Å²) in [5.41, 5.74) is 2.18. The molecule has 1 atom stereocenters. The quantitative estimate of drug-likeness (QED) is 0.457. The van der Waals surface area contributed by atoms with Crippen LogP contribution in [0.5, 0.6) is 17.2 Å². The van der Waals surface area contributed by atoms with E-state index in [1.165, 1.54) is 0 Å². The molecule has 1 aliphatic heterocycles. The van der Waals surface area contributed by atoms with Crippen molar-refractivity contribution in [2.45, 2.75) is 32.2 Å². The maximum absolute atomic E-state index is 14.0. The number of hydrogen-bond donors (Lipinski definition) is 0. The Morgan fingerprint density at radius 1 is 0.921 bits per heavy atom. The number of carbonyl (C=O) groups excluding carboxylic acids is 2. The molecule has 1 heterocycles. The fourth-order valence-corrected chi connectivity index (χ4v) is 4.84. The monoisotopic (exact) mass is 516 g/mol. The Morgan fingerprint density at radius 3 is 2.37 bits per heavy atom. The molecule has 0 bridgehead atoms. The number of benzene rings is 3. The largest absolute Gasteiger partial charge is 0.493 e. The lowest BCUT2D eigenvalue weighted by atomic mass is 10.0. The Balaban J connectivity index is 1.71. The maximum Gasteiger partial charge on any atom is 0.257 e. The molecular formula is C31H36N2O5. The zero-order valence-corrected chi connectivity index (χ0v) is 22.4. The van der Waals surface area contributed by atoms with Gasteiger partial charge in [0, 0.05) is 25.2 Å². The van der Waals surface area contributed by atoms with Crippen LogP contribution in [0.1, 0.15) is 46.0 Å². The van der Waals surface area contributed by atoms with Crippen LogP contribution in [0, 0.1) is 0 Å². The molecule has 0 aliphatic carbocycles. The first-order valence-electron chi connectivity index (χ1n) is 13.1. The molecule has 4 rings (SSSR count). The maximum atomic E-state index is 14.0. The number of methoxy groups -OCH3 is 2. The molecule has 0 saturated carbocycles. The van der Waals surface area contributed by atoms with Crippen molar-refractivity contribution in [2.24, 2.45) is 0 Å². The van der Waals surface area contributed by atoms with E-state index < -0.39 is 0 Å². The standard InChI is InChI=1S/C31H36N2O5/c1-4-32-18-10-11-19-33(30(34)24-16-17-28(36-2)29(21-24)37-3)25(20-23-12-6-5-7-13-23)22-38-27-15-9-8-14-26(27)31(32)35/h5-9,12-17,21,25H,4,10-11,18-20,22H2,1-3H3/t25-/m0/s1. The smallest absolute Gasteiger partial charge is 0.257 e. The van der Waals surface area contributed by atoms with E-state index in [0.717, 1.165) is 18.4 Å². The van der Waals surface area contributed by atoms with E-state index in [1.54, 1.807) is 32.4 Å². The summed E-state index contributed by atoms with van der Waals surface area (Å²) >= 11 is 0. The number of hydrogen-bond acceptors (Lipinski definition) is 5. The van der Waals surface area contributed by atoms with E-state index in [4.69, 9.17) is 14.2 Å². The first-order valence-corrected chi connectivity index (χ1v) is 13.1. The lowest BCUT2D eigenvalue weighted by Crippen LogP contribution is -2.46. The van der Waals surface area contributed by atoms with Gasteiger partial charge in [-0.15, -0.1) is 0 Å². The Kier molecular flexibility index (Phi) is 9.25. The molecule has 0 aromatic heterocycles. The van der Waals surface area contributed by atoms with Gasteiger partial charge in [-0.25, -0.2) is 0 Å². The van der Waals surface area contributed by atoms with Gasteiger partial charge in [0.1, 0.15) is 12.4 Å². The van der Waals surface area contributed by atoms with Crippen LogP contribution < -0.4 is 14.2 Å². The minimum Gasteiger partial charge on any atom is -0.493 e. The molecule has 3 aromatic carbocycles. The number of amides is 2. The second kappa shape index (κ2) is 13.0. The fourth-order valence-electron chi connectivity index (χ4n) is 4.84. The molecular weight excluding hydrogens is 480 g/mol. The van der Waals surface area contributed by atoms with E-state index in [1.807, 2.05) is 59.2 Å². The van der Waals surface area contributed by atoms with Crippen molar-refractivity contribution in [3.63, 3.8) is 0 Å². The first kappa shape index (κ1) is 27.0. The van der Waals surface area contributed by atoms with Gasteiger partial charge in [0.15, 0.2) is 11.5 Å². The van der Waals surface area contributed by atoms with E-state index in [9.17, 15) is 9.59 Å². The molecule has 0 fully saturated rings. The zero-order chi connectivity index (χ0) is 26.9. The van der Waals surface area contributed by atoms with Crippen molar-refractivity contribution in [3.8, 4) is 17.2 Å². The molecule has 200 valence electrons. The Morgan fingerprint density at radius 2 is 1.63 bits per heavy atom. The topological polar surface area (TPSA) is 68.3 Å². The summed E-state index contributed by atoms with van der Waals surface area (Å²) in [4.78, 5) is 31.1. The first-order chi connectivity index (χ1) is 18.5. The molecule has 0 spiro atoms. The number of nitrogens with zero attached hydrogens (tertiary/aromatic N) is 2. The summed E-state index contributed by atoms with van der Waals surface area (Å²) in [6, 6.07) is 22.5. The molecule has 0 N–H and O–H groups in total. The molecule has 0 unspecified atom stereocenters. The van der Waals surface area contributed by atoms with Crippen molar-refractivity contribution in [1.29, 1.82) is 0 Å². The average Bonchev–Trinajstić information content (AvgIpc) is 2.96. The van der Waals surface area contributed by atoms with E-state index in [0.29, 0.717) is 54.4 Å². The average molecular weight is 517 g/mol. The molecule has 2 amide bonds. The van der Waals surface area contributed by atoms with Crippen LogP contribution in [-0.2, 0) is 6.42 Å². The third kappa shape index (κ3) is 6.28. The highest BCUT2D eigenvalue weighted by molar-refractivity contribution is 5.97. The van der Waals surface area contributed by atoms with Gasteiger partial charge in [0.2, 0.25) is 0 Å². The van der Waals surface area contributed by atoms with E-state index in [-0.39, 0.29) is 24.5 Å². The third-order valence-electron chi connectivity index (χ3n) is 6.94. The van der Waals surface area contributed by atoms with Crippen molar-refractivity contribution in [3.05, 3.63) is 89.5 Å². The number of ether oxygens (including phenoxy) is 3. The second-order valence-electron chi connectivity index (χ2n) is 9.31. The molecule has 1 aliphatic rings. The van der Waals surface area contributed by atoms with Gasteiger partial charge in [-0.3, -0.25) is 9.59 Å². The molecule has 38 heavy (non-hydrogen) atoms. The lowest BCUT2D eigenvalue weighted by molar-refractivity contribution is 0.0586. The molecule has 0 radical (unpaired) electrons. The minimum atomic E-state index is -0.247. The SMILES string of the molecule is CCN1CCCCN(C(=O)c2ccc(OC)c(OC)c2)[C@@H](Cc2ccccc2)COc2ccccc2C1=O. The number of carbonyl (C=O) groups is 2. The van der Waals surface area contributed by atoms with E-state index >= 15 is 0 Å². The number of rotatable bonds is 6. The summed E-state index contributed by atoms with van der Waals surface area (Å²) in [5.74, 6) is 1.50. The van der Waals surface area contributed by atoms with Gasteiger partial charge in [-0.1, -0.05) is 42.5 Å². The Hall–Kier alpha value is -4.00. The Bertz CT molecular complexity index is 1230. The summed E-state index contributed by atoms with van der Waals surface area (Å²) in [6.07, 6.45) is 2.17. The van der Waals surface area contributed by atoms with Gasteiger partial charge < -0.3 is 24.0 Å². The molecule has 0 saturated heterocycles. The van der Waals surface area contributed by atoms with Crippen LogP contribution in [0.25, 0.3) is 0 Å². The van der Waals surface area contributed by atoms with Crippen LogP contribution in [0.15, 0.2) is 72.8 Å². The fraction of sp³-hybridized carbons (Fsp3) is 0.355. The van der Waals surface area contributed by atoms with Gasteiger partial charge >= 0.3 is 0 Å². The predicted molar refractivity (Wildman–Crippen MR) is 147 cm³/mol. The van der Waals surface area contributed by atoms with Gasteiger partial charge in [0.25, 0.3) is 11.8 Å². The van der Waals surface area contributed by atoms with Crippen LogP contribution in [-0.4, -0.2) is 68.1 Å². The van der Waals surface area contributed by atoms with Gasteiger partial charge in [-0.2, -0.15) is 0 Å². The second-order valence-corrected chi connectivity index (χ2v) is 9.31. The van der Waals surface area contributed by atoms with Crippen molar-refractivity contribution < 1.29 is 23.8 Å². The van der Waals surface area contributed by atoms with Crippen LogP contribution in [0.2, 0.25) is 0 Å². The number of para-hydroxylation sites is 1. The Labute approximate surface area is 224 Å². The zero-order valence-electron chi connectivity index (χ0n) is 22.4. The van der Waals surface area contributed by atoms with Crippen molar-refractivity contribution in [2.75, 3.05) is 40.5 Å². The summed E-state index contributed by atoms with van der Waals surface area (Å²) < 4.78 is 17.2. The molecule has 7 heteroatoms. The van der Waals surface area contributed by atoms with Crippen LogP contribution >= 0.6 is 0 Å².